The average Bonchev–Trinajstić information content (AvgIpc) is 3.04. The highest BCUT2D eigenvalue weighted by Gasteiger charge is 2.30. The monoisotopic (exact) mass is 308 g/mol. The van der Waals surface area contributed by atoms with Crippen molar-refractivity contribution in [1.29, 1.82) is 0 Å². The second kappa shape index (κ2) is 6.69. The van der Waals surface area contributed by atoms with E-state index in [1.165, 1.54) is 0 Å². The summed E-state index contributed by atoms with van der Waals surface area (Å²) >= 11 is 0. The van der Waals surface area contributed by atoms with Crippen LogP contribution in [0, 0.1) is 12.8 Å². The lowest BCUT2D eigenvalue weighted by atomic mass is 10.1. The van der Waals surface area contributed by atoms with Gasteiger partial charge in [-0.25, -0.2) is 4.79 Å². The number of anilines is 1. The fourth-order valence-corrected chi connectivity index (χ4v) is 2.82. The number of nitrogens with zero attached hydrogens (tertiary/aromatic N) is 2. The summed E-state index contributed by atoms with van der Waals surface area (Å²) < 4.78 is 5.12. The van der Waals surface area contributed by atoms with Gasteiger partial charge in [-0.2, -0.15) is 0 Å². The molecule has 124 valence electrons. The summed E-state index contributed by atoms with van der Waals surface area (Å²) in [5.41, 5.74) is 1.68. The van der Waals surface area contributed by atoms with Gasteiger partial charge in [0.1, 0.15) is 11.4 Å². The van der Waals surface area contributed by atoms with E-state index in [4.69, 9.17) is 4.52 Å². The summed E-state index contributed by atoms with van der Waals surface area (Å²) in [6.07, 6.45) is 1.86. The van der Waals surface area contributed by atoms with E-state index in [-0.39, 0.29) is 11.6 Å². The van der Waals surface area contributed by atoms with Crippen LogP contribution in [0.1, 0.15) is 45.6 Å². The molecule has 1 aliphatic heterocycles. The van der Waals surface area contributed by atoms with Crippen LogP contribution in [0.5, 0.6) is 0 Å². The lowest BCUT2D eigenvalue weighted by molar-refractivity contribution is 0.168. The Bertz CT molecular complexity index is 519. The maximum Gasteiger partial charge on any atom is 0.319 e. The molecule has 2 heterocycles. The van der Waals surface area contributed by atoms with Crippen molar-refractivity contribution in [3.05, 3.63) is 11.5 Å². The number of amides is 2. The minimum atomic E-state index is -0.185. The number of hydrogen-bond acceptors (Lipinski definition) is 4. The van der Waals surface area contributed by atoms with Gasteiger partial charge in [-0.05, 0) is 53.0 Å². The highest BCUT2D eigenvalue weighted by Crippen LogP contribution is 2.24. The van der Waals surface area contributed by atoms with Gasteiger partial charge in [0.05, 0.1) is 0 Å². The Kier molecular flexibility index (Phi) is 5.11. The van der Waals surface area contributed by atoms with Crippen molar-refractivity contribution in [3.63, 3.8) is 0 Å². The molecular formula is C16H28N4O2. The number of rotatable bonds is 4. The zero-order valence-corrected chi connectivity index (χ0v) is 14.3. The molecule has 22 heavy (non-hydrogen) atoms. The van der Waals surface area contributed by atoms with Crippen LogP contribution in [0.2, 0.25) is 0 Å². The molecule has 1 atom stereocenters. The van der Waals surface area contributed by atoms with Crippen molar-refractivity contribution >= 4 is 11.7 Å². The van der Waals surface area contributed by atoms with Crippen LogP contribution >= 0.6 is 0 Å². The molecule has 6 heteroatoms. The molecule has 1 aromatic heterocycles. The SMILES string of the molecule is CCc1noc(C)c1NC(=O)NCC1CCN(C(C)(C)C)C1. The molecule has 1 saturated heterocycles. The number of carbonyl (C=O) groups is 1. The first kappa shape index (κ1) is 16.8. The molecule has 0 saturated carbocycles. The molecule has 0 bridgehead atoms. The van der Waals surface area contributed by atoms with Gasteiger partial charge < -0.3 is 15.2 Å². The highest BCUT2D eigenvalue weighted by molar-refractivity contribution is 5.90. The van der Waals surface area contributed by atoms with E-state index in [2.05, 4.69) is 41.5 Å². The van der Waals surface area contributed by atoms with Gasteiger partial charge in [0.25, 0.3) is 0 Å². The fourth-order valence-electron chi connectivity index (χ4n) is 2.82. The summed E-state index contributed by atoms with van der Waals surface area (Å²) in [6, 6.07) is -0.185. The lowest BCUT2D eigenvalue weighted by Crippen LogP contribution is -2.40. The minimum absolute atomic E-state index is 0.185. The Balaban J connectivity index is 1.80. The maximum atomic E-state index is 12.1. The molecule has 2 amide bonds. The van der Waals surface area contributed by atoms with E-state index in [1.54, 1.807) is 6.92 Å². The van der Waals surface area contributed by atoms with Crippen LogP contribution in [0.3, 0.4) is 0 Å². The molecule has 1 aliphatic rings. The van der Waals surface area contributed by atoms with Gasteiger partial charge in [-0.3, -0.25) is 4.90 Å². The quantitative estimate of drug-likeness (QED) is 0.897. The van der Waals surface area contributed by atoms with Crippen molar-refractivity contribution < 1.29 is 9.32 Å². The maximum absolute atomic E-state index is 12.1. The molecule has 1 aromatic rings. The van der Waals surface area contributed by atoms with E-state index >= 15 is 0 Å². The molecule has 0 spiro atoms. The van der Waals surface area contributed by atoms with Gasteiger partial charge in [-0.1, -0.05) is 12.1 Å². The van der Waals surface area contributed by atoms with Crippen LogP contribution < -0.4 is 10.6 Å². The number of aromatic nitrogens is 1. The van der Waals surface area contributed by atoms with Gasteiger partial charge in [0, 0.05) is 18.6 Å². The van der Waals surface area contributed by atoms with Gasteiger partial charge in [-0.15, -0.1) is 0 Å². The van der Waals surface area contributed by atoms with Gasteiger partial charge in [0.15, 0.2) is 5.76 Å². The van der Waals surface area contributed by atoms with Gasteiger partial charge >= 0.3 is 6.03 Å². The molecule has 6 nitrogen and oxygen atoms in total. The Morgan fingerprint density at radius 1 is 1.45 bits per heavy atom. The molecule has 0 aromatic carbocycles. The van der Waals surface area contributed by atoms with Crippen molar-refractivity contribution in [3.8, 4) is 0 Å². The summed E-state index contributed by atoms with van der Waals surface area (Å²) in [4.78, 5) is 14.5. The number of carbonyl (C=O) groups excluding carboxylic acids is 1. The van der Waals surface area contributed by atoms with E-state index < -0.39 is 0 Å². The van der Waals surface area contributed by atoms with Crippen molar-refractivity contribution in [1.82, 2.24) is 15.4 Å². The number of likely N-dealkylation sites (tertiary alicyclic amines) is 1. The molecule has 0 aliphatic carbocycles. The number of nitrogens with one attached hydrogen (secondary N) is 2. The summed E-state index contributed by atoms with van der Waals surface area (Å²) in [5.74, 6) is 1.16. The highest BCUT2D eigenvalue weighted by atomic mass is 16.5. The molecule has 0 radical (unpaired) electrons. The normalized spacial score (nSPS) is 19.4. The van der Waals surface area contributed by atoms with E-state index in [0.717, 1.165) is 31.6 Å². The van der Waals surface area contributed by atoms with Crippen LogP contribution in [-0.4, -0.2) is 41.3 Å². The predicted molar refractivity (Wildman–Crippen MR) is 87.1 cm³/mol. The van der Waals surface area contributed by atoms with Crippen molar-refractivity contribution in [2.45, 2.75) is 53.0 Å². The van der Waals surface area contributed by atoms with Crippen LogP contribution in [0.4, 0.5) is 10.5 Å². The second-order valence-electron chi connectivity index (χ2n) is 7.02. The Morgan fingerprint density at radius 2 is 2.18 bits per heavy atom. The third-order valence-corrected chi connectivity index (χ3v) is 4.29. The molecular weight excluding hydrogens is 280 g/mol. The topological polar surface area (TPSA) is 70.4 Å². The number of urea groups is 1. The van der Waals surface area contributed by atoms with Gasteiger partial charge in [0.2, 0.25) is 0 Å². The van der Waals surface area contributed by atoms with E-state index in [0.29, 0.717) is 23.9 Å². The standard InChI is InChI=1S/C16H28N4O2/c1-6-13-14(11(2)22-19-13)18-15(21)17-9-12-7-8-20(10-12)16(3,4)5/h12H,6-10H2,1-5H3,(H2,17,18,21). The van der Waals surface area contributed by atoms with Crippen molar-refractivity contribution in [2.24, 2.45) is 5.92 Å². The Morgan fingerprint density at radius 3 is 2.77 bits per heavy atom. The molecule has 1 fully saturated rings. The minimum Gasteiger partial charge on any atom is -0.359 e. The number of hydrogen-bond donors (Lipinski definition) is 2. The van der Waals surface area contributed by atoms with E-state index in [1.807, 2.05) is 6.92 Å². The first-order valence-electron chi connectivity index (χ1n) is 8.06. The Labute approximate surface area is 132 Å². The summed E-state index contributed by atoms with van der Waals surface area (Å²) in [5, 5.41) is 9.76. The zero-order chi connectivity index (χ0) is 16.3. The van der Waals surface area contributed by atoms with E-state index in [9.17, 15) is 4.79 Å². The summed E-state index contributed by atoms with van der Waals surface area (Å²) in [6.45, 7) is 13.3. The summed E-state index contributed by atoms with van der Waals surface area (Å²) in [7, 11) is 0. The predicted octanol–water partition coefficient (Wildman–Crippen LogP) is 2.79. The fraction of sp³-hybridized carbons (Fsp3) is 0.750. The lowest BCUT2D eigenvalue weighted by Gasteiger charge is -2.31. The number of aryl methyl sites for hydroxylation is 2. The van der Waals surface area contributed by atoms with Crippen LogP contribution in [0.25, 0.3) is 0 Å². The second-order valence-corrected chi connectivity index (χ2v) is 7.02. The third kappa shape index (κ3) is 4.00. The first-order chi connectivity index (χ1) is 10.3. The van der Waals surface area contributed by atoms with Crippen LogP contribution in [-0.2, 0) is 6.42 Å². The smallest absolute Gasteiger partial charge is 0.319 e. The average molecular weight is 308 g/mol. The van der Waals surface area contributed by atoms with Crippen molar-refractivity contribution in [2.75, 3.05) is 25.0 Å². The largest absolute Gasteiger partial charge is 0.359 e. The molecule has 2 rings (SSSR count). The molecule has 1 unspecified atom stereocenters. The Hall–Kier alpha value is -1.56. The zero-order valence-electron chi connectivity index (χ0n) is 14.3. The molecule has 2 N–H and O–H groups in total. The third-order valence-electron chi connectivity index (χ3n) is 4.29. The van der Waals surface area contributed by atoms with Crippen LogP contribution in [0.15, 0.2) is 4.52 Å². The first-order valence-corrected chi connectivity index (χ1v) is 8.06.